The summed E-state index contributed by atoms with van der Waals surface area (Å²) in [6.07, 6.45) is -0.417. The smallest absolute Gasteiger partial charge is 0.410 e. The number of hydrogen-bond donors (Lipinski definition) is 1. The molecule has 0 saturated carbocycles. The van der Waals surface area contributed by atoms with E-state index in [1.807, 2.05) is 0 Å². The van der Waals surface area contributed by atoms with Crippen LogP contribution in [0.25, 0.3) is 10.9 Å². The normalized spacial score (nSPS) is 15.0. The van der Waals surface area contributed by atoms with E-state index >= 15 is 0 Å². The number of benzene rings is 1. The zero-order valence-electron chi connectivity index (χ0n) is 16.0. The second kappa shape index (κ2) is 8.05. The maximum Gasteiger partial charge on any atom is 0.410 e. The molecule has 2 aromatic rings. The fraction of sp³-hybridized carbons (Fsp3) is 0.444. The molecule has 156 valence electrons. The predicted molar refractivity (Wildman–Crippen MR) is 114 cm³/mol. The number of ether oxygens (including phenoxy) is 1. The number of nitrogens with zero attached hydrogens (tertiary/aromatic N) is 4. The molecule has 1 aromatic carbocycles. The Labute approximate surface area is 185 Å². The predicted octanol–water partition coefficient (Wildman–Crippen LogP) is 3.78. The first-order valence-corrected chi connectivity index (χ1v) is 10.2. The summed E-state index contributed by atoms with van der Waals surface area (Å²) in [6.45, 7) is 6.82. The Bertz CT molecular complexity index is 990. The molecule has 1 fully saturated rings. The van der Waals surface area contributed by atoms with Crippen molar-refractivity contribution >= 4 is 63.0 Å². The van der Waals surface area contributed by atoms with Crippen LogP contribution >= 0.6 is 34.2 Å². The van der Waals surface area contributed by atoms with Gasteiger partial charge in [0.1, 0.15) is 16.9 Å². The van der Waals surface area contributed by atoms with Gasteiger partial charge in [-0.2, -0.15) is 0 Å². The minimum Gasteiger partial charge on any atom is -0.475 e. The number of amides is 1. The first-order valence-electron chi connectivity index (χ1n) is 8.79. The Morgan fingerprint density at radius 3 is 2.41 bits per heavy atom. The van der Waals surface area contributed by atoms with Gasteiger partial charge in [-0.1, -0.05) is 11.6 Å². The highest BCUT2D eigenvalue weighted by Gasteiger charge is 2.28. The van der Waals surface area contributed by atoms with E-state index in [4.69, 9.17) is 16.3 Å². The van der Waals surface area contributed by atoms with Crippen LogP contribution in [0.5, 0.6) is 0 Å². The molecule has 0 radical (unpaired) electrons. The number of hydrogen-bond acceptors (Lipinski definition) is 6. The van der Waals surface area contributed by atoms with Gasteiger partial charge in [-0.3, -0.25) is 0 Å². The summed E-state index contributed by atoms with van der Waals surface area (Å²) in [6, 6.07) is 1.53. The van der Waals surface area contributed by atoms with Gasteiger partial charge < -0.3 is 19.6 Å². The van der Waals surface area contributed by atoms with Crippen molar-refractivity contribution in [1.82, 2.24) is 14.9 Å². The molecule has 0 spiro atoms. The van der Waals surface area contributed by atoms with E-state index in [1.54, 1.807) is 53.2 Å². The summed E-state index contributed by atoms with van der Waals surface area (Å²) < 4.78 is 20.3. The molecule has 1 saturated heterocycles. The number of carboxylic acids is 1. The van der Waals surface area contributed by atoms with Gasteiger partial charge in [-0.15, -0.1) is 0 Å². The molecule has 0 aliphatic carbocycles. The van der Waals surface area contributed by atoms with Crippen molar-refractivity contribution in [3.8, 4) is 0 Å². The molecule has 29 heavy (non-hydrogen) atoms. The molecule has 8 nitrogen and oxygen atoms in total. The Morgan fingerprint density at radius 2 is 1.86 bits per heavy atom. The van der Waals surface area contributed by atoms with E-state index in [-0.39, 0.29) is 19.9 Å². The highest BCUT2D eigenvalue weighted by molar-refractivity contribution is 14.1. The standard InChI is InChI=1S/C18H19ClFIN4O4/c1-18(2,3)29-17(28)25-6-4-24(5-7-25)15-9-8-10(19)12(21)11(20)13(9)22-14(23-15)16(26)27/h8H,4-7H2,1-3H3,(H,26,27). The molecule has 1 aliphatic rings. The van der Waals surface area contributed by atoms with Gasteiger partial charge in [0.25, 0.3) is 0 Å². The van der Waals surface area contributed by atoms with Crippen LogP contribution in [0.15, 0.2) is 6.07 Å². The molecule has 1 aliphatic heterocycles. The Morgan fingerprint density at radius 1 is 1.24 bits per heavy atom. The monoisotopic (exact) mass is 536 g/mol. The molecule has 1 amide bonds. The summed E-state index contributed by atoms with van der Waals surface area (Å²) in [7, 11) is 0. The van der Waals surface area contributed by atoms with Gasteiger partial charge in [0.2, 0.25) is 5.82 Å². The number of rotatable bonds is 2. The van der Waals surface area contributed by atoms with Gasteiger partial charge in [0, 0.05) is 31.6 Å². The van der Waals surface area contributed by atoms with E-state index in [1.165, 1.54) is 6.07 Å². The van der Waals surface area contributed by atoms with Gasteiger partial charge >= 0.3 is 12.1 Å². The van der Waals surface area contributed by atoms with Crippen molar-refractivity contribution in [3.63, 3.8) is 0 Å². The van der Waals surface area contributed by atoms with Gasteiger partial charge in [0.15, 0.2) is 5.82 Å². The first-order chi connectivity index (χ1) is 13.5. The number of aromatic carboxylic acids is 1. The molecule has 1 aromatic heterocycles. The second-order valence-corrected chi connectivity index (χ2v) is 9.00. The fourth-order valence-corrected chi connectivity index (χ4v) is 3.52. The van der Waals surface area contributed by atoms with E-state index in [0.717, 1.165) is 0 Å². The van der Waals surface area contributed by atoms with Crippen LogP contribution in [0.4, 0.5) is 15.0 Å². The van der Waals surface area contributed by atoms with Crippen LogP contribution in [0.2, 0.25) is 5.02 Å². The van der Waals surface area contributed by atoms with Crippen LogP contribution < -0.4 is 4.90 Å². The Kier molecular flexibility index (Phi) is 6.04. The molecular formula is C18H19ClFIN4O4. The summed E-state index contributed by atoms with van der Waals surface area (Å²) in [5.74, 6) is -2.27. The summed E-state index contributed by atoms with van der Waals surface area (Å²) >= 11 is 7.87. The highest BCUT2D eigenvalue weighted by atomic mass is 127. The molecular weight excluding hydrogens is 518 g/mol. The number of anilines is 1. The molecule has 3 rings (SSSR count). The third-order valence-electron chi connectivity index (χ3n) is 4.23. The lowest BCUT2D eigenvalue weighted by Gasteiger charge is -2.36. The maximum absolute atomic E-state index is 14.7. The third kappa shape index (κ3) is 4.63. The van der Waals surface area contributed by atoms with E-state index in [9.17, 15) is 19.1 Å². The molecule has 11 heteroatoms. The number of carbonyl (C=O) groups excluding carboxylic acids is 1. The Balaban J connectivity index is 1.94. The number of piperazine rings is 1. The second-order valence-electron chi connectivity index (χ2n) is 7.51. The minimum absolute atomic E-state index is 0.101. The topological polar surface area (TPSA) is 95.9 Å². The van der Waals surface area contributed by atoms with Crippen molar-refractivity contribution in [1.29, 1.82) is 0 Å². The van der Waals surface area contributed by atoms with Crippen LogP contribution in [0.1, 0.15) is 31.4 Å². The number of aromatic nitrogens is 2. The van der Waals surface area contributed by atoms with E-state index in [0.29, 0.717) is 31.6 Å². The quantitative estimate of drug-likeness (QED) is 0.461. The average Bonchev–Trinajstić information content (AvgIpc) is 2.64. The van der Waals surface area contributed by atoms with Gasteiger partial charge in [-0.05, 0) is 49.4 Å². The van der Waals surface area contributed by atoms with Crippen molar-refractivity contribution in [2.75, 3.05) is 31.1 Å². The zero-order valence-corrected chi connectivity index (χ0v) is 18.9. The Hall–Kier alpha value is -1.95. The van der Waals surface area contributed by atoms with Crippen LogP contribution in [0.3, 0.4) is 0 Å². The first kappa shape index (κ1) is 21.8. The van der Waals surface area contributed by atoms with Crippen molar-refractivity contribution in [2.24, 2.45) is 0 Å². The minimum atomic E-state index is -1.36. The van der Waals surface area contributed by atoms with E-state index < -0.39 is 29.3 Å². The SMILES string of the molecule is CC(C)(C)OC(=O)N1CCN(c2nc(C(=O)O)nc3c(F)c(I)c(Cl)cc23)CC1. The molecule has 0 unspecified atom stereocenters. The van der Waals surface area contributed by atoms with Crippen molar-refractivity contribution in [2.45, 2.75) is 26.4 Å². The summed E-state index contributed by atoms with van der Waals surface area (Å²) in [4.78, 5) is 35.0. The lowest BCUT2D eigenvalue weighted by molar-refractivity contribution is 0.0240. The zero-order chi connectivity index (χ0) is 21.5. The number of fused-ring (bicyclic) bond motifs is 1. The van der Waals surface area contributed by atoms with Crippen LogP contribution in [-0.2, 0) is 4.74 Å². The van der Waals surface area contributed by atoms with Crippen molar-refractivity contribution in [3.05, 3.63) is 26.3 Å². The van der Waals surface area contributed by atoms with E-state index in [2.05, 4.69) is 9.97 Å². The lowest BCUT2D eigenvalue weighted by Crippen LogP contribution is -2.50. The van der Waals surface area contributed by atoms with Gasteiger partial charge in [-0.25, -0.2) is 23.9 Å². The van der Waals surface area contributed by atoms with Crippen LogP contribution in [0, 0.1) is 9.39 Å². The number of halogens is 3. The fourth-order valence-electron chi connectivity index (χ4n) is 2.92. The average molecular weight is 537 g/mol. The van der Waals surface area contributed by atoms with Crippen molar-refractivity contribution < 1.29 is 23.8 Å². The largest absolute Gasteiger partial charge is 0.475 e. The number of carbonyl (C=O) groups is 2. The highest BCUT2D eigenvalue weighted by Crippen LogP contribution is 2.33. The maximum atomic E-state index is 14.7. The summed E-state index contributed by atoms with van der Waals surface area (Å²) in [5.41, 5.74) is -0.699. The summed E-state index contributed by atoms with van der Waals surface area (Å²) in [5, 5.41) is 9.86. The molecule has 0 atom stereocenters. The van der Waals surface area contributed by atoms with Crippen LogP contribution in [-0.4, -0.2) is 63.8 Å². The molecule has 2 heterocycles. The molecule has 1 N–H and O–H groups in total. The van der Waals surface area contributed by atoms with Gasteiger partial charge in [0.05, 0.1) is 8.59 Å². The molecule has 0 bridgehead atoms. The lowest BCUT2D eigenvalue weighted by atomic mass is 10.2. The number of carboxylic acid groups (broad SMARTS) is 1. The third-order valence-corrected chi connectivity index (χ3v) is 5.90.